The van der Waals surface area contributed by atoms with Gasteiger partial charge in [0.2, 0.25) is 5.91 Å². The van der Waals surface area contributed by atoms with Gasteiger partial charge in [-0.2, -0.15) is 0 Å². The average Bonchev–Trinajstić information content (AvgIpc) is 3.39. The van der Waals surface area contributed by atoms with E-state index in [1.807, 2.05) is 46.9 Å². The number of carbonyl (C=O) groups excluding carboxylic acids is 2. The molecule has 0 saturated carbocycles. The number of hydrogen-bond acceptors (Lipinski definition) is 6. The van der Waals surface area contributed by atoms with E-state index in [1.165, 1.54) is 13.0 Å². The van der Waals surface area contributed by atoms with E-state index in [0.717, 1.165) is 11.3 Å². The zero-order chi connectivity index (χ0) is 24.2. The van der Waals surface area contributed by atoms with E-state index in [4.69, 9.17) is 0 Å². The van der Waals surface area contributed by atoms with E-state index in [0.29, 0.717) is 31.9 Å². The van der Waals surface area contributed by atoms with Crippen LogP contribution in [0.2, 0.25) is 0 Å². The molecule has 176 valence electrons. The number of hydrogen-bond donors (Lipinski definition) is 1. The molecular formula is C24H26N6O4. The number of carbonyl (C=O) groups is 2. The fourth-order valence-corrected chi connectivity index (χ4v) is 4.05. The summed E-state index contributed by atoms with van der Waals surface area (Å²) in [6.45, 7) is 5.38. The summed E-state index contributed by atoms with van der Waals surface area (Å²) in [7, 11) is 0. The molecule has 1 atom stereocenters. The maximum Gasteiger partial charge on any atom is 0.293 e. The number of nitro groups is 1. The second-order valence-corrected chi connectivity index (χ2v) is 8.21. The van der Waals surface area contributed by atoms with E-state index < -0.39 is 4.92 Å². The lowest BCUT2D eigenvalue weighted by Gasteiger charge is -2.35. The largest absolute Gasteiger partial charge is 0.362 e. The van der Waals surface area contributed by atoms with Crippen LogP contribution in [0.4, 0.5) is 11.4 Å². The molecule has 10 nitrogen and oxygen atoms in total. The van der Waals surface area contributed by atoms with E-state index in [1.54, 1.807) is 29.6 Å². The third-order valence-corrected chi connectivity index (χ3v) is 6.04. The summed E-state index contributed by atoms with van der Waals surface area (Å²) in [5.74, 6) is -0.395. The molecule has 0 aliphatic carbocycles. The standard InChI is InChI=1S/C24H26N6O4/c1-17(19-3-6-21(7-4-19)29-10-9-25-16-29)26-24(32)20-5-8-22(23(15-20)30(33)34)28-13-11-27(12-14-28)18(2)31/h3-10,15-17H,11-14H2,1-2H3,(H,26,32). The number of nitro benzene ring substituents is 1. The van der Waals surface area contributed by atoms with Crippen molar-refractivity contribution < 1.29 is 14.5 Å². The van der Waals surface area contributed by atoms with Gasteiger partial charge in [0.05, 0.1) is 17.3 Å². The van der Waals surface area contributed by atoms with Crippen LogP contribution in [0.1, 0.15) is 35.8 Å². The molecule has 3 aromatic rings. The van der Waals surface area contributed by atoms with Crippen LogP contribution in [0.15, 0.2) is 61.2 Å². The molecular weight excluding hydrogens is 436 g/mol. The van der Waals surface area contributed by atoms with Crippen LogP contribution in [-0.4, -0.2) is 57.4 Å². The highest BCUT2D eigenvalue weighted by Gasteiger charge is 2.26. The third-order valence-electron chi connectivity index (χ3n) is 6.04. The predicted octanol–water partition coefficient (Wildman–Crippen LogP) is 2.94. The minimum Gasteiger partial charge on any atom is -0.362 e. The van der Waals surface area contributed by atoms with Crippen LogP contribution in [-0.2, 0) is 4.79 Å². The SMILES string of the molecule is CC(=O)N1CCN(c2ccc(C(=O)NC(C)c3ccc(-n4ccnc4)cc3)cc2[N+](=O)[O-])CC1. The Kier molecular flexibility index (Phi) is 6.58. The van der Waals surface area contributed by atoms with Gasteiger partial charge in [-0.1, -0.05) is 12.1 Å². The van der Waals surface area contributed by atoms with Crippen molar-refractivity contribution in [1.29, 1.82) is 0 Å². The predicted molar refractivity (Wildman–Crippen MR) is 127 cm³/mol. The lowest BCUT2D eigenvalue weighted by molar-refractivity contribution is -0.384. The van der Waals surface area contributed by atoms with Gasteiger partial charge >= 0.3 is 0 Å². The van der Waals surface area contributed by atoms with Crippen molar-refractivity contribution in [3.05, 3.63) is 82.4 Å². The molecule has 1 unspecified atom stereocenters. The number of aromatic nitrogens is 2. The number of anilines is 1. The zero-order valence-electron chi connectivity index (χ0n) is 19.0. The number of imidazole rings is 1. The zero-order valence-corrected chi connectivity index (χ0v) is 19.0. The van der Waals surface area contributed by atoms with Crippen molar-refractivity contribution in [2.45, 2.75) is 19.9 Å². The van der Waals surface area contributed by atoms with Crippen molar-refractivity contribution in [2.75, 3.05) is 31.1 Å². The Morgan fingerprint density at radius 2 is 1.79 bits per heavy atom. The Bertz CT molecular complexity index is 1180. The first-order chi connectivity index (χ1) is 16.3. The Morgan fingerprint density at radius 1 is 1.09 bits per heavy atom. The first kappa shape index (κ1) is 23.0. The second kappa shape index (κ2) is 9.74. The Balaban J connectivity index is 1.46. The molecule has 34 heavy (non-hydrogen) atoms. The summed E-state index contributed by atoms with van der Waals surface area (Å²) in [4.78, 5) is 43.3. The topological polar surface area (TPSA) is 114 Å². The second-order valence-electron chi connectivity index (χ2n) is 8.21. The quantitative estimate of drug-likeness (QED) is 0.445. The Hall–Kier alpha value is -4.21. The van der Waals surface area contributed by atoms with Gasteiger partial charge < -0.3 is 19.7 Å². The first-order valence-corrected chi connectivity index (χ1v) is 11.0. The summed E-state index contributed by atoms with van der Waals surface area (Å²) in [6, 6.07) is 12.0. The highest BCUT2D eigenvalue weighted by Crippen LogP contribution is 2.30. The van der Waals surface area contributed by atoms with Gasteiger partial charge in [-0.25, -0.2) is 4.98 Å². The molecule has 2 amide bonds. The lowest BCUT2D eigenvalue weighted by Crippen LogP contribution is -2.48. The minimum atomic E-state index is -0.471. The third kappa shape index (κ3) is 4.90. The molecule has 10 heteroatoms. The van der Waals surface area contributed by atoms with Crippen LogP contribution in [0.3, 0.4) is 0 Å². The van der Waals surface area contributed by atoms with Crippen LogP contribution >= 0.6 is 0 Å². The number of rotatable bonds is 6. The molecule has 0 bridgehead atoms. The molecule has 1 saturated heterocycles. The van der Waals surface area contributed by atoms with Crippen molar-refractivity contribution >= 4 is 23.2 Å². The summed E-state index contributed by atoms with van der Waals surface area (Å²) < 4.78 is 1.88. The first-order valence-electron chi connectivity index (χ1n) is 11.0. The van der Waals surface area contributed by atoms with Crippen LogP contribution in [0, 0.1) is 10.1 Å². The van der Waals surface area contributed by atoms with Gasteiger partial charge in [0.15, 0.2) is 0 Å². The van der Waals surface area contributed by atoms with Gasteiger partial charge in [0.25, 0.3) is 11.6 Å². The van der Waals surface area contributed by atoms with Crippen molar-refractivity contribution in [3.63, 3.8) is 0 Å². The van der Waals surface area contributed by atoms with Crippen LogP contribution < -0.4 is 10.2 Å². The van der Waals surface area contributed by atoms with Crippen molar-refractivity contribution in [1.82, 2.24) is 19.8 Å². The summed E-state index contributed by atoms with van der Waals surface area (Å²) in [5, 5.41) is 14.7. The fraction of sp³-hybridized carbons (Fsp3) is 0.292. The summed E-state index contributed by atoms with van der Waals surface area (Å²) in [5.41, 5.74) is 2.41. The summed E-state index contributed by atoms with van der Waals surface area (Å²) >= 11 is 0. The number of benzene rings is 2. The van der Waals surface area contributed by atoms with Gasteiger partial charge in [-0.15, -0.1) is 0 Å². The van der Waals surface area contributed by atoms with E-state index in [-0.39, 0.29) is 29.1 Å². The Morgan fingerprint density at radius 3 is 2.38 bits per heavy atom. The van der Waals surface area contributed by atoms with Gasteiger partial charge in [-0.05, 0) is 36.8 Å². The highest BCUT2D eigenvalue weighted by atomic mass is 16.6. The van der Waals surface area contributed by atoms with Gasteiger partial charge in [-0.3, -0.25) is 19.7 Å². The molecule has 2 aromatic carbocycles. The number of amides is 2. The number of nitrogens with one attached hydrogen (secondary N) is 1. The van der Waals surface area contributed by atoms with E-state index in [9.17, 15) is 19.7 Å². The van der Waals surface area contributed by atoms with Gasteiger partial charge in [0.1, 0.15) is 5.69 Å². The van der Waals surface area contributed by atoms with Crippen LogP contribution in [0.25, 0.3) is 5.69 Å². The maximum absolute atomic E-state index is 12.9. The highest BCUT2D eigenvalue weighted by molar-refractivity contribution is 5.96. The van der Waals surface area contributed by atoms with Crippen molar-refractivity contribution in [3.8, 4) is 5.69 Å². The molecule has 0 spiro atoms. The minimum absolute atomic E-state index is 0.00773. The lowest BCUT2D eigenvalue weighted by atomic mass is 10.1. The van der Waals surface area contributed by atoms with E-state index >= 15 is 0 Å². The van der Waals surface area contributed by atoms with Gasteiger partial charge in [0, 0.05) is 62.8 Å². The van der Waals surface area contributed by atoms with Crippen molar-refractivity contribution in [2.24, 2.45) is 0 Å². The number of nitrogens with zero attached hydrogens (tertiary/aromatic N) is 5. The summed E-state index contributed by atoms with van der Waals surface area (Å²) in [6.07, 6.45) is 5.26. The molecule has 1 aliphatic heterocycles. The fourth-order valence-electron chi connectivity index (χ4n) is 4.05. The molecule has 1 aliphatic rings. The number of piperazine rings is 1. The maximum atomic E-state index is 12.9. The average molecular weight is 463 g/mol. The molecule has 4 rings (SSSR count). The molecule has 1 fully saturated rings. The Labute approximate surface area is 197 Å². The molecule has 1 aromatic heterocycles. The monoisotopic (exact) mass is 462 g/mol. The van der Waals surface area contributed by atoms with Crippen LogP contribution in [0.5, 0.6) is 0 Å². The van der Waals surface area contributed by atoms with E-state index in [2.05, 4.69) is 10.3 Å². The molecule has 1 N–H and O–H groups in total. The molecule has 0 radical (unpaired) electrons. The smallest absolute Gasteiger partial charge is 0.293 e. The molecule has 2 heterocycles. The normalized spacial score (nSPS) is 14.5.